The highest BCUT2D eigenvalue weighted by atomic mass is 19.4. The van der Waals surface area contributed by atoms with Crippen molar-refractivity contribution in [2.75, 3.05) is 0 Å². The number of nitrogens with zero attached hydrogens (tertiary/aromatic N) is 1. The highest BCUT2D eigenvalue weighted by molar-refractivity contribution is 6.11. The van der Waals surface area contributed by atoms with Crippen LogP contribution in [0.5, 0.6) is 0 Å². The van der Waals surface area contributed by atoms with Crippen LogP contribution in [-0.2, 0) is 12.6 Å². The second-order valence-corrected chi connectivity index (χ2v) is 10.2. The minimum absolute atomic E-state index is 0.0636. The number of hydrogen-bond acceptors (Lipinski definition) is 3. The number of pyridine rings is 1. The lowest BCUT2D eigenvalue weighted by Gasteiger charge is -2.36. The Kier molecular flexibility index (Phi) is 6.80. The van der Waals surface area contributed by atoms with Crippen LogP contribution in [0.4, 0.5) is 13.2 Å². The van der Waals surface area contributed by atoms with E-state index in [-0.39, 0.29) is 16.9 Å². The second kappa shape index (κ2) is 9.51. The third-order valence-electron chi connectivity index (χ3n) is 6.89. The Morgan fingerprint density at radius 2 is 1.77 bits per heavy atom. The SMILES string of the molecule is CC#CC#Cc1c(C(=O)c2ccc(C(F)(F)F)cc2)c(C2CCCC2)nc2c1C(O)CC(C)(C)C2. The maximum atomic E-state index is 13.9. The first kappa shape index (κ1) is 25.0. The van der Waals surface area contributed by atoms with Crippen molar-refractivity contribution in [3.63, 3.8) is 0 Å². The molecule has 1 fully saturated rings. The number of aromatic nitrogens is 1. The van der Waals surface area contributed by atoms with E-state index in [0.29, 0.717) is 35.2 Å². The Morgan fingerprint density at radius 1 is 1.11 bits per heavy atom. The van der Waals surface area contributed by atoms with Gasteiger partial charge in [0.2, 0.25) is 0 Å². The van der Waals surface area contributed by atoms with Crippen LogP contribution in [-0.4, -0.2) is 15.9 Å². The van der Waals surface area contributed by atoms with Gasteiger partial charge in [0.1, 0.15) is 0 Å². The van der Waals surface area contributed by atoms with Crippen LogP contribution in [0, 0.1) is 29.1 Å². The number of aliphatic hydroxyl groups excluding tert-OH is 1. The third-order valence-corrected chi connectivity index (χ3v) is 6.89. The van der Waals surface area contributed by atoms with E-state index in [4.69, 9.17) is 4.98 Å². The summed E-state index contributed by atoms with van der Waals surface area (Å²) >= 11 is 0. The fourth-order valence-corrected chi connectivity index (χ4v) is 5.28. The number of benzene rings is 1. The molecule has 1 heterocycles. The molecule has 35 heavy (non-hydrogen) atoms. The van der Waals surface area contributed by atoms with Crippen LogP contribution in [0.1, 0.15) is 109 Å². The van der Waals surface area contributed by atoms with E-state index < -0.39 is 23.6 Å². The van der Waals surface area contributed by atoms with Gasteiger partial charge >= 0.3 is 6.18 Å². The second-order valence-electron chi connectivity index (χ2n) is 10.2. The molecule has 4 rings (SSSR count). The Morgan fingerprint density at radius 3 is 2.37 bits per heavy atom. The molecule has 3 nitrogen and oxygen atoms in total. The average molecular weight is 480 g/mol. The molecule has 0 bridgehead atoms. The van der Waals surface area contributed by atoms with Crippen LogP contribution in [0.25, 0.3) is 0 Å². The van der Waals surface area contributed by atoms with Crippen molar-refractivity contribution in [1.29, 1.82) is 0 Å². The molecule has 182 valence electrons. The summed E-state index contributed by atoms with van der Waals surface area (Å²) in [6, 6.07) is 4.23. The lowest BCUT2D eigenvalue weighted by molar-refractivity contribution is -0.137. The van der Waals surface area contributed by atoms with E-state index in [0.717, 1.165) is 43.5 Å². The van der Waals surface area contributed by atoms with Crippen molar-refractivity contribution in [1.82, 2.24) is 4.98 Å². The van der Waals surface area contributed by atoms with Gasteiger partial charge < -0.3 is 5.11 Å². The molecule has 0 spiro atoms. The van der Waals surface area contributed by atoms with Gasteiger partial charge in [0.15, 0.2) is 5.78 Å². The van der Waals surface area contributed by atoms with Gasteiger partial charge in [-0.05, 0) is 62.0 Å². The van der Waals surface area contributed by atoms with Crippen molar-refractivity contribution in [3.8, 4) is 23.7 Å². The highest BCUT2D eigenvalue weighted by Crippen LogP contribution is 2.45. The zero-order valence-electron chi connectivity index (χ0n) is 20.1. The third kappa shape index (κ3) is 5.14. The quantitative estimate of drug-likeness (QED) is 0.411. The van der Waals surface area contributed by atoms with E-state index in [1.54, 1.807) is 6.92 Å². The van der Waals surface area contributed by atoms with Crippen LogP contribution in [0.2, 0.25) is 0 Å². The monoisotopic (exact) mass is 479 g/mol. The van der Waals surface area contributed by atoms with Gasteiger partial charge in [-0.1, -0.05) is 50.7 Å². The van der Waals surface area contributed by atoms with Crippen molar-refractivity contribution >= 4 is 5.78 Å². The predicted molar refractivity (Wildman–Crippen MR) is 128 cm³/mol. The first-order valence-corrected chi connectivity index (χ1v) is 11.9. The van der Waals surface area contributed by atoms with Crippen LogP contribution < -0.4 is 0 Å². The van der Waals surface area contributed by atoms with Crippen molar-refractivity contribution in [2.45, 2.75) is 77.5 Å². The molecule has 2 aliphatic carbocycles. The molecule has 1 aromatic heterocycles. The van der Waals surface area contributed by atoms with Crippen LogP contribution >= 0.6 is 0 Å². The number of carbonyl (C=O) groups is 1. The molecule has 1 N–H and O–H groups in total. The molecule has 1 aromatic carbocycles. The van der Waals surface area contributed by atoms with Gasteiger partial charge in [-0.15, -0.1) is 0 Å². The molecule has 0 saturated heterocycles. The standard InChI is InChI=1S/C29H28F3NO2/c1-4-5-6-11-21-24-22(16-28(2,3)17-23(24)34)33-26(18-9-7-8-10-18)25(21)27(35)19-12-14-20(15-13-19)29(30,31)32/h12-15,18,23,34H,7-10,16-17H2,1-3H3. The van der Waals surface area contributed by atoms with Crippen LogP contribution in [0.3, 0.4) is 0 Å². The molecule has 2 aliphatic rings. The molecule has 1 saturated carbocycles. The summed E-state index contributed by atoms with van der Waals surface area (Å²) in [5.74, 6) is 10.9. The first-order chi connectivity index (χ1) is 16.5. The number of rotatable bonds is 3. The van der Waals surface area contributed by atoms with Crippen molar-refractivity contribution < 1.29 is 23.1 Å². The first-order valence-electron chi connectivity index (χ1n) is 11.9. The number of ketones is 1. The Labute approximate surface area is 204 Å². The molecule has 1 atom stereocenters. The summed E-state index contributed by atoms with van der Waals surface area (Å²) in [6.45, 7) is 5.81. The molecule has 2 aromatic rings. The maximum Gasteiger partial charge on any atom is 0.416 e. The van der Waals surface area contributed by atoms with E-state index in [1.165, 1.54) is 12.1 Å². The van der Waals surface area contributed by atoms with E-state index in [9.17, 15) is 23.1 Å². The predicted octanol–water partition coefficient (Wildman–Crippen LogP) is 6.37. The summed E-state index contributed by atoms with van der Waals surface area (Å²) in [6.07, 6.45) is -0.400. The number of hydrogen-bond donors (Lipinski definition) is 1. The van der Waals surface area contributed by atoms with Crippen molar-refractivity contribution in [3.05, 3.63) is 63.5 Å². The number of fused-ring (bicyclic) bond motifs is 1. The van der Waals surface area contributed by atoms with Gasteiger partial charge in [-0.2, -0.15) is 13.2 Å². The molecule has 0 amide bonds. The average Bonchev–Trinajstić information content (AvgIpc) is 3.31. The molecule has 6 heteroatoms. The number of carbonyl (C=O) groups excluding carboxylic acids is 1. The van der Waals surface area contributed by atoms with Gasteiger partial charge in [0.25, 0.3) is 0 Å². The van der Waals surface area contributed by atoms with E-state index in [2.05, 4.69) is 37.5 Å². The largest absolute Gasteiger partial charge is 0.416 e. The summed E-state index contributed by atoms with van der Waals surface area (Å²) < 4.78 is 39.3. The Hall–Kier alpha value is -3.09. The Bertz CT molecular complexity index is 1260. The van der Waals surface area contributed by atoms with Gasteiger partial charge in [0, 0.05) is 28.3 Å². The summed E-state index contributed by atoms with van der Waals surface area (Å²) in [5, 5.41) is 11.1. The summed E-state index contributed by atoms with van der Waals surface area (Å²) in [7, 11) is 0. The minimum Gasteiger partial charge on any atom is -0.388 e. The lowest BCUT2D eigenvalue weighted by Crippen LogP contribution is -2.29. The number of halogens is 3. The fraction of sp³-hybridized carbons (Fsp3) is 0.448. The molecular weight excluding hydrogens is 451 g/mol. The number of aliphatic hydroxyl groups is 1. The lowest BCUT2D eigenvalue weighted by atomic mass is 9.72. The van der Waals surface area contributed by atoms with Crippen LogP contribution in [0.15, 0.2) is 24.3 Å². The fourth-order valence-electron chi connectivity index (χ4n) is 5.28. The normalized spacial score (nSPS) is 19.2. The van der Waals surface area contributed by atoms with E-state index in [1.807, 2.05) is 0 Å². The molecule has 0 radical (unpaired) electrons. The summed E-state index contributed by atoms with van der Waals surface area (Å²) in [5.41, 5.74) is 1.79. The molecule has 0 aliphatic heterocycles. The zero-order valence-corrected chi connectivity index (χ0v) is 20.1. The minimum atomic E-state index is -4.49. The maximum absolute atomic E-state index is 13.9. The molecular formula is C29H28F3NO2. The topological polar surface area (TPSA) is 50.2 Å². The smallest absolute Gasteiger partial charge is 0.388 e. The number of alkyl halides is 3. The van der Waals surface area contributed by atoms with E-state index >= 15 is 0 Å². The van der Waals surface area contributed by atoms with Gasteiger partial charge in [-0.3, -0.25) is 9.78 Å². The Balaban J connectivity index is 1.96. The van der Waals surface area contributed by atoms with Crippen molar-refractivity contribution in [2.24, 2.45) is 5.41 Å². The zero-order chi connectivity index (χ0) is 25.4. The molecule has 1 unspecified atom stereocenters. The summed E-state index contributed by atoms with van der Waals surface area (Å²) in [4.78, 5) is 18.8. The highest BCUT2D eigenvalue weighted by Gasteiger charge is 2.38. The van der Waals surface area contributed by atoms with Gasteiger partial charge in [0.05, 0.1) is 22.9 Å². The van der Waals surface area contributed by atoms with Gasteiger partial charge in [-0.25, -0.2) is 0 Å².